The van der Waals surface area contributed by atoms with Crippen LogP contribution in [0.25, 0.3) is 0 Å². The fraction of sp³-hybridized carbons (Fsp3) is 0.545. The number of hydrogen-bond donors (Lipinski definition) is 1. The number of rotatable bonds is 7. The van der Waals surface area contributed by atoms with Crippen molar-refractivity contribution < 1.29 is 10.0 Å². The third-order valence-corrected chi connectivity index (χ3v) is 3.16. The summed E-state index contributed by atoms with van der Waals surface area (Å²) in [5.41, 5.74) is 0.535. The third kappa shape index (κ3) is 3.92. The Kier molecular flexibility index (Phi) is 6.00. The van der Waals surface area contributed by atoms with Crippen LogP contribution in [0.4, 0.5) is 11.4 Å². The summed E-state index contributed by atoms with van der Waals surface area (Å²) in [5, 5.41) is 19.6. The molecule has 6 nitrogen and oxygen atoms in total. The SMILES string of the molecule is CN(CCCCCO)c1c(Br)cncc1[N+](=O)[O-]. The zero-order valence-electron chi connectivity index (χ0n) is 10.2. The maximum Gasteiger partial charge on any atom is 0.311 e. The van der Waals surface area contributed by atoms with Crippen molar-refractivity contribution in [1.82, 2.24) is 4.98 Å². The van der Waals surface area contributed by atoms with E-state index in [-0.39, 0.29) is 12.3 Å². The number of anilines is 1. The lowest BCUT2D eigenvalue weighted by Gasteiger charge is -2.20. The lowest BCUT2D eigenvalue weighted by Crippen LogP contribution is -2.20. The lowest BCUT2D eigenvalue weighted by molar-refractivity contribution is -0.384. The molecule has 0 amide bonds. The van der Waals surface area contributed by atoms with Crippen molar-refractivity contribution in [3.63, 3.8) is 0 Å². The average Bonchev–Trinajstić information content (AvgIpc) is 2.34. The van der Waals surface area contributed by atoms with Crippen LogP contribution in [0.2, 0.25) is 0 Å². The van der Waals surface area contributed by atoms with Crippen LogP contribution < -0.4 is 4.90 Å². The van der Waals surface area contributed by atoms with E-state index in [1.165, 1.54) is 6.20 Å². The highest BCUT2D eigenvalue weighted by molar-refractivity contribution is 9.10. The lowest BCUT2D eigenvalue weighted by atomic mass is 10.2. The first-order valence-corrected chi connectivity index (χ1v) is 6.47. The number of pyridine rings is 1. The molecule has 0 unspecified atom stereocenters. The van der Waals surface area contributed by atoms with E-state index in [1.54, 1.807) is 6.20 Å². The molecule has 0 saturated carbocycles. The van der Waals surface area contributed by atoms with Crippen molar-refractivity contribution in [3.8, 4) is 0 Å². The Hall–Kier alpha value is -1.21. The average molecular weight is 318 g/mol. The minimum absolute atomic E-state index is 0.00552. The monoisotopic (exact) mass is 317 g/mol. The van der Waals surface area contributed by atoms with Crippen molar-refractivity contribution in [2.24, 2.45) is 0 Å². The smallest absolute Gasteiger partial charge is 0.311 e. The first-order valence-electron chi connectivity index (χ1n) is 5.67. The van der Waals surface area contributed by atoms with Gasteiger partial charge in [0.2, 0.25) is 0 Å². The molecule has 0 aliphatic heterocycles. The Morgan fingerprint density at radius 3 is 2.78 bits per heavy atom. The van der Waals surface area contributed by atoms with E-state index in [4.69, 9.17) is 5.11 Å². The zero-order chi connectivity index (χ0) is 13.5. The van der Waals surface area contributed by atoms with Gasteiger partial charge in [-0.05, 0) is 35.2 Å². The summed E-state index contributed by atoms with van der Waals surface area (Å²) in [4.78, 5) is 16.2. The van der Waals surface area contributed by atoms with Crippen LogP contribution in [0.3, 0.4) is 0 Å². The minimum Gasteiger partial charge on any atom is -0.396 e. The van der Waals surface area contributed by atoms with Crippen LogP contribution in [0.1, 0.15) is 19.3 Å². The van der Waals surface area contributed by atoms with Crippen molar-refractivity contribution in [1.29, 1.82) is 0 Å². The summed E-state index contributed by atoms with van der Waals surface area (Å²) in [7, 11) is 1.81. The van der Waals surface area contributed by atoms with E-state index < -0.39 is 4.92 Å². The predicted molar refractivity (Wildman–Crippen MR) is 72.8 cm³/mol. The topological polar surface area (TPSA) is 79.5 Å². The first kappa shape index (κ1) is 14.8. The van der Waals surface area contributed by atoms with Gasteiger partial charge in [0.25, 0.3) is 0 Å². The number of hydrogen-bond acceptors (Lipinski definition) is 5. The van der Waals surface area contributed by atoms with Gasteiger partial charge in [-0.3, -0.25) is 15.1 Å². The van der Waals surface area contributed by atoms with Crippen LogP contribution in [0.5, 0.6) is 0 Å². The van der Waals surface area contributed by atoms with Gasteiger partial charge >= 0.3 is 5.69 Å². The van der Waals surface area contributed by atoms with E-state index in [0.717, 1.165) is 19.3 Å². The van der Waals surface area contributed by atoms with Gasteiger partial charge in [-0.1, -0.05) is 0 Å². The number of aliphatic hydroxyl groups excluding tert-OH is 1. The summed E-state index contributed by atoms with van der Waals surface area (Å²) < 4.78 is 0.612. The largest absolute Gasteiger partial charge is 0.396 e. The molecule has 1 aromatic heterocycles. The molecule has 1 N–H and O–H groups in total. The second kappa shape index (κ2) is 7.27. The van der Waals surface area contributed by atoms with Gasteiger partial charge in [0, 0.05) is 26.4 Å². The Morgan fingerprint density at radius 1 is 1.44 bits per heavy atom. The molecule has 18 heavy (non-hydrogen) atoms. The van der Waals surface area contributed by atoms with Gasteiger partial charge in [-0.25, -0.2) is 0 Å². The molecular formula is C11H16BrN3O3. The number of aromatic nitrogens is 1. The fourth-order valence-electron chi connectivity index (χ4n) is 1.68. The van der Waals surface area contributed by atoms with E-state index >= 15 is 0 Å². The zero-order valence-corrected chi connectivity index (χ0v) is 11.8. The Labute approximate surface area is 114 Å². The Morgan fingerprint density at radius 2 is 2.17 bits per heavy atom. The van der Waals surface area contributed by atoms with Crippen LogP contribution in [0, 0.1) is 10.1 Å². The molecule has 0 atom stereocenters. The highest BCUT2D eigenvalue weighted by atomic mass is 79.9. The van der Waals surface area contributed by atoms with Crippen LogP contribution in [-0.4, -0.2) is 35.2 Å². The van der Waals surface area contributed by atoms with E-state index in [1.807, 2.05) is 11.9 Å². The van der Waals surface area contributed by atoms with E-state index in [9.17, 15) is 10.1 Å². The molecule has 1 rings (SSSR count). The predicted octanol–water partition coefficient (Wildman–Crippen LogP) is 2.35. The molecule has 0 radical (unpaired) electrons. The van der Waals surface area contributed by atoms with Crippen molar-refractivity contribution in [2.45, 2.75) is 19.3 Å². The van der Waals surface area contributed by atoms with E-state index in [0.29, 0.717) is 16.7 Å². The fourth-order valence-corrected chi connectivity index (χ4v) is 2.30. The minimum atomic E-state index is -0.433. The highest BCUT2D eigenvalue weighted by Gasteiger charge is 2.20. The second-order valence-electron chi connectivity index (χ2n) is 3.95. The Bertz CT molecular complexity index is 415. The number of unbranched alkanes of at least 4 members (excludes halogenated alkanes) is 2. The number of nitro groups is 1. The van der Waals surface area contributed by atoms with Gasteiger partial charge in [-0.15, -0.1) is 0 Å². The highest BCUT2D eigenvalue weighted by Crippen LogP contribution is 2.33. The molecule has 100 valence electrons. The number of aliphatic hydroxyl groups is 1. The summed E-state index contributed by atoms with van der Waals surface area (Å²) in [6.07, 6.45) is 5.34. The maximum atomic E-state index is 10.9. The van der Waals surface area contributed by atoms with Crippen LogP contribution in [-0.2, 0) is 0 Å². The summed E-state index contributed by atoms with van der Waals surface area (Å²) >= 11 is 3.29. The molecule has 0 saturated heterocycles. The molecule has 0 aliphatic carbocycles. The molecule has 0 spiro atoms. The van der Waals surface area contributed by atoms with Crippen molar-refractivity contribution >= 4 is 27.3 Å². The number of nitrogens with zero attached hydrogens (tertiary/aromatic N) is 3. The molecule has 0 aromatic carbocycles. The molecular weight excluding hydrogens is 302 g/mol. The molecule has 1 aromatic rings. The maximum absolute atomic E-state index is 10.9. The van der Waals surface area contributed by atoms with Gasteiger partial charge in [0.05, 0.1) is 9.40 Å². The van der Waals surface area contributed by atoms with Gasteiger partial charge in [0.15, 0.2) is 0 Å². The normalized spacial score (nSPS) is 10.4. The first-order chi connectivity index (χ1) is 8.57. The summed E-state index contributed by atoms with van der Waals surface area (Å²) in [6, 6.07) is 0. The molecule has 0 aliphatic rings. The molecule has 0 bridgehead atoms. The summed E-state index contributed by atoms with van der Waals surface area (Å²) in [5.74, 6) is 0. The summed E-state index contributed by atoms with van der Waals surface area (Å²) in [6.45, 7) is 0.881. The van der Waals surface area contributed by atoms with Crippen molar-refractivity contribution in [2.75, 3.05) is 25.1 Å². The quantitative estimate of drug-likeness (QED) is 0.474. The Balaban J connectivity index is 2.77. The third-order valence-electron chi connectivity index (χ3n) is 2.58. The van der Waals surface area contributed by atoms with Gasteiger partial charge < -0.3 is 10.0 Å². The van der Waals surface area contributed by atoms with Gasteiger partial charge in [0.1, 0.15) is 11.9 Å². The molecule has 7 heteroatoms. The molecule has 0 fully saturated rings. The molecule has 1 heterocycles. The van der Waals surface area contributed by atoms with E-state index in [2.05, 4.69) is 20.9 Å². The van der Waals surface area contributed by atoms with Crippen molar-refractivity contribution in [3.05, 3.63) is 27.0 Å². The standard InChI is InChI=1S/C11H16BrN3O3/c1-14(5-3-2-4-6-16)11-9(12)7-13-8-10(11)15(17)18/h7-8,16H,2-6H2,1H3. The van der Waals surface area contributed by atoms with Crippen LogP contribution >= 0.6 is 15.9 Å². The van der Waals surface area contributed by atoms with Gasteiger partial charge in [-0.2, -0.15) is 0 Å². The van der Waals surface area contributed by atoms with Crippen LogP contribution in [0.15, 0.2) is 16.9 Å². The second-order valence-corrected chi connectivity index (χ2v) is 4.81. The number of halogens is 1.